The molecule has 2 aromatic heterocycles. The second-order valence-electron chi connectivity index (χ2n) is 9.67. The molecule has 1 saturated heterocycles. The van der Waals surface area contributed by atoms with Gasteiger partial charge in [0, 0.05) is 51.2 Å². The smallest absolute Gasteiger partial charge is 0.270 e. The molecule has 0 radical (unpaired) electrons. The largest absolute Gasteiger partial charge is 0.393 e. The number of carbonyl (C=O) groups is 2. The Labute approximate surface area is 211 Å². The second-order valence-corrected chi connectivity index (χ2v) is 9.67. The van der Waals surface area contributed by atoms with Crippen molar-refractivity contribution >= 4 is 29.7 Å². The molecule has 10 nitrogen and oxygen atoms in total. The van der Waals surface area contributed by atoms with Crippen LogP contribution in [0.25, 0.3) is 0 Å². The number of hydrogen-bond donors (Lipinski definition) is 4. The first-order chi connectivity index (χ1) is 17.3. The average Bonchev–Trinajstić information content (AvgIpc) is 3.52. The minimum atomic E-state index is -0.336. The van der Waals surface area contributed by atoms with Crippen molar-refractivity contribution in [1.29, 1.82) is 5.41 Å². The van der Waals surface area contributed by atoms with Crippen LogP contribution in [0.2, 0.25) is 0 Å². The molecular formula is C26H35N7O3. The van der Waals surface area contributed by atoms with Crippen molar-refractivity contribution in [3.05, 3.63) is 53.6 Å². The number of aliphatic hydroxyl groups is 1. The monoisotopic (exact) mass is 493 g/mol. The van der Waals surface area contributed by atoms with Crippen LogP contribution in [-0.2, 0) is 0 Å². The molecule has 1 saturated carbocycles. The lowest BCUT2D eigenvalue weighted by molar-refractivity contribution is 0.0546. The fourth-order valence-electron chi connectivity index (χ4n) is 4.90. The van der Waals surface area contributed by atoms with Crippen LogP contribution < -0.4 is 10.6 Å². The van der Waals surface area contributed by atoms with Gasteiger partial charge in [-0.25, -0.2) is 4.98 Å². The lowest BCUT2D eigenvalue weighted by Crippen LogP contribution is -2.40. The number of rotatable bonds is 8. The van der Waals surface area contributed by atoms with E-state index in [0.29, 0.717) is 60.2 Å². The van der Waals surface area contributed by atoms with Crippen molar-refractivity contribution in [3.63, 3.8) is 0 Å². The van der Waals surface area contributed by atoms with E-state index in [1.165, 1.54) is 12.4 Å². The topological polar surface area (TPSA) is 127 Å². The number of anilines is 2. The van der Waals surface area contributed by atoms with Gasteiger partial charge in [-0.05, 0) is 43.9 Å². The molecule has 2 fully saturated rings. The molecule has 0 atom stereocenters. The predicted octanol–water partition coefficient (Wildman–Crippen LogP) is 3.29. The second kappa shape index (κ2) is 10.9. The quantitative estimate of drug-likeness (QED) is 0.418. The summed E-state index contributed by atoms with van der Waals surface area (Å²) in [5.74, 6) is 1.40. The van der Waals surface area contributed by atoms with Crippen molar-refractivity contribution < 1.29 is 14.7 Å². The summed E-state index contributed by atoms with van der Waals surface area (Å²) in [4.78, 5) is 33.3. The summed E-state index contributed by atoms with van der Waals surface area (Å²) in [7, 11) is 3.45. The van der Waals surface area contributed by atoms with Gasteiger partial charge in [0.1, 0.15) is 23.2 Å². The maximum Gasteiger partial charge on any atom is 0.270 e. The molecule has 2 aliphatic rings. The van der Waals surface area contributed by atoms with E-state index >= 15 is 0 Å². The lowest BCUT2D eigenvalue weighted by atomic mass is 10.1. The molecule has 0 aromatic carbocycles. The number of nitrogens with zero attached hydrogens (tertiary/aromatic N) is 4. The van der Waals surface area contributed by atoms with E-state index in [2.05, 4.69) is 22.2 Å². The van der Waals surface area contributed by atoms with Gasteiger partial charge in [-0.3, -0.25) is 9.59 Å². The molecule has 0 spiro atoms. The van der Waals surface area contributed by atoms with Gasteiger partial charge in [0.25, 0.3) is 11.8 Å². The highest BCUT2D eigenvalue weighted by molar-refractivity contribution is 5.98. The molecule has 2 amide bonds. The number of piperidine rings is 1. The Bertz CT molecular complexity index is 1130. The van der Waals surface area contributed by atoms with Crippen molar-refractivity contribution in [2.24, 2.45) is 0 Å². The van der Waals surface area contributed by atoms with Crippen LogP contribution in [0.4, 0.5) is 11.6 Å². The fraction of sp³-hybridized carbons (Fsp3) is 0.462. The van der Waals surface area contributed by atoms with Crippen molar-refractivity contribution in [3.8, 4) is 0 Å². The van der Waals surface area contributed by atoms with Crippen LogP contribution in [-0.4, -0.2) is 75.8 Å². The van der Waals surface area contributed by atoms with Gasteiger partial charge >= 0.3 is 0 Å². The average molecular weight is 494 g/mol. The zero-order valence-electron chi connectivity index (χ0n) is 21.0. The molecule has 0 bridgehead atoms. The van der Waals surface area contributed by atoms with Crippen LogP contribution in [0.1, 0.15) is 71.0 Å². The third-order valence-corrected chi connectivity index (χ3v) is 6.85. The Balaban J connectivity index is 1.49. The maximum atomic E-state index is 12.9. The van der Waals surface area contributed by atoms with E-state index in [1.54, 1.807) is 42.1 Å². The van der Waals surface area contributed by atoms with Crippen molar-refractivity contribution in [1.82, 2.24) is 19.4 Å². The van der Waals surface area contributed by atoms with E-state index in [-0.39, 0.29) is 24.0 Å². The molecule has 0 unspecified atom stereocenters. The third kappa shape index (κ3) is 5.43. The molecule has 192 valence electrons. The van der Waals surface area contributed by atoms with Gasteiger partial charge in [0.2, 0.25) is 0 Å². The van der Waals surface area contributed by atoms with E-state index in [1.807, 2.05) is 4.57 Å². The van der Waals surface area contributed by atoms with Gasteiger partial charge in [0.15, 0.2) is 0 Å². The molecular weight excluding hydrogens is 458 g/mol. The summed E-state index contributed by atoms with van der Waals surface area (Å²) in [5, 5.41) is 24.0. The number of amides is 2. The van der Waals surface area contributed by atoms with Crippen LogP contribution in [0, 0.1) is 5.41 Å². The summed E-state index contributed by atoms with van der Waals surface area (Å²) >= 11 is 0. The van der Waals surface area contributed by atoms with E-state index < -0.39 is 0 Å². The van der Waals surface area contributed by atoms with Crippen LogP contribution in [0.15, 0.2) is 36.8 Å². The van der Waals surface area contributed by atoms with Gasteiger partial charge in [-0.1, -0.05) is 19.4 Å². The molecule has 3 heterocycles. The third-order valence-electron chi connectivity index (χ3n) is 6.85. The number of nitrogens with one attached hydrogen (secondary N) is 3. The summed E-state index contributed by atoms with van der Waals surface area (Å²) in [6.45, 7) is 5.14. The Hall–Kier alpha value is -3.66. The summed E-state index contributed by atoms with van der Waals surface area (Å²) in [6, 6.07) is 5.36. The first-order valence-electron chi connectivity index (χ1n) is 12.4. The predicted molar refractivity (Wildman–Crippen MR) is 140 cm³/mol. The van der Waals surface area contributed by atoms with Gasteiger partial charge in [-0.15, -0.1) is 0 Å². The summed E-state index contributed by atoms with van der Waals surface area (Å²) in [6.07, 6.45) is 7.76. The van der Waals surface area contributed by atoms with Gasteiger partial charge in [0.05, 0.1) is 11.7 Å². The molecule has 2 aromatic rings. The molecule has 4 N–H and O–H groups in total. The van der Waals surface area contributed by atoms with Crippen molar-refractivity contribution in [2.45, 2.75) is 50.7 Å². The standard InChI is InChI=1S/C26H35N7O3/c1-17(29-23-9-8-18(16-28-23)25(35)32-12-10-21(34)11-13-32)30-24-19(15-27)14-22(26(36)31(2)3)33(24)20-6-4-5-7-20/h8-9,14-16,20-21,27,30,34H,1,4-7,10-13H2,2-3H3,(H,28,29). The van der Waals surface area contributed by atoms with E-state index in [9.17, 15) is 14.7 Å². The first-order valence-corrected chi connectivity index (χ1v) is 12.4. The summed E-state index contributed by atoms with van der Waals surface area (Å²) < 4.78 is 2.01. The number of hydrogen-bond acceptors (Lipinski definition) is 7. The zero-order valence-corrected chi connectivity index (χ0v) is 21.0. The zero-order chi connectivity index (χ0) is 25.8. The number of aromatic nitrogens is 2. The normalized spacial score (nSPS) is 16.6. The SMILES string of the molecule is C=C(Nc1ccc(C(=O)N2CCC(O)CC2)cn1)Nc1c(C=N)cc(C(=O)N(C)C)n1C1CCCC1. The molecule has 36 heavy (non-hydrogen) atoms. The minimum absolute atomic E-state index is 0.0963. The highest BCUT2D eigenvalue weighted by Gasteiger charge is 2.28. The van der Waals surface area contributed by atoms with Crippen LogP contribution >= 0.6 is 0 Å². The first kappa shape index (κ1) is 25.4. The number of likely N-dealkylation sites (tertiary alicyclic amines) is 1. The molecule has 4 rings (SSSR count). The summed E-state index contributed by atoms with van der Waals surface area (Å²) in [5.41, 5.74) is 1.64. The molecule has 10 heteroatoms. The van der Waals surface area contributed by atoms with Gasteiger partial charge in [-0.2, -0.15) is 0 Å². The molecule has 1 aliphatic carbocycles. The maximum absolute atomic E-state index is 12.9. The number of carbonyl (C=O) groups excluding carboxylic acids is 2. The van der Waals surface area contributed by atoms with Gasteiger partial charge < -0.3 is 35.5 Å². The molecule has 1 aliphatic heterocycles. The van der Waals surface area contributed by atoms with Crippen LogP contribution in [0.3, 0.4) is 0 Å². The number of pyridine rings is 1. The van der Waals surface area contributed by atoms with E-state index in [0.717, 1.165) is 25.7 Å². The van der Waals surface area contributed by atoms with E-state index in [4.69, 9.17) is 5.41 Å². The van der Waals surface area contributed by atoms with Crippen LogP contribution in [0.5, 0.6) is 0 Å². The lowest BCUT2D eigenvalue weighted by Gasteiger charge is -2.29. The van der Waals surface area contributed by atoms with Crippen molar-refractivity contribution in [2.75, 3.05) is 37.8 Å². The highest BCUT2D eigenvalue weighted by Crippen LogP contribution is 2.36. The Morgan fingerprint density at radius 2 is 1.86 bits per heavy atom. The fourth-order valence-corrected chi connectivity index (χ4v) is 4.90. The number of aliphatic hydroxyl groups excluding tert-OH is 1. The Morgan fingerprint density at radius 1 is 1.17 bits per heavy atom. The minimum Gasteiger partial charge on any atom is -0.393 e. The Kier molecular flexibility index (Phi) is 7.73. The highest BCUT2D eigenvalue weighted by atomic mass is 16.3. The Morgan fingerprint density at radius 3 is 2.44 bits per heavy atom.